The smallest absolute Gasteiger partial charge is 0.311 e. The van der Waals surface area contributed by atoms with Crippen molar-refractivity contribution in [3.05, 3.63) is 5.82 Å². The van der Waals surface area contributed by atoms with E-state index in [2.05, 4.69) is 36.3 Å². The second-order valence-corrected chi connectivity index (χ2v) is 6.75. The van der Waals surface area contributed by atoms with Crippen molar-refractivity contribution in [1.82, 2.24) is 20.2 Å². The van der Waals surface area contributed by atoms with Gasteiger partial charge >= 0.3 is 5.97 Å². The molecule has 0 atom stereocenters. The van der Waals surface area contributed by atoms with Crippen molar-refractivity contribution in [2.45, 2.75) is 59.4 Å². The monoisotopic (exact) mass is 266 g/mol. The van der Waals surface area contributed by atoms with Gasteiger partial charge in [-0.05, 0) is 35.1 Å². The lowest BCUT2D eigenvalue weighted by Crippen LogP contribution is -2.42. The van der Waals surface area contributed by atoms with Crippen molar-refractivity contribution >= 4 is 5.97 Å². The molecule has 0 spiro atoms. The largest absolute Gasteiger partial charge is 0.481 e. The van der Waals surface area contributed by atoms with Gasteiger partial charge in [0.1, 0.15) is 0 Å². The molecular weight excluding hydrogens is 244 g/mol. The highest BCUT2D eigenvalue weighted by Crippen LogP contribution is 2.42. The Kier molecular flexibility index (Phi) is 3.60. The Bertz CT molecular complexity index is 457. The number of rotatable bonds is 5. The van der Waals surface area contributed by atoms with E-state index in [0.717, 1.165) is 37.9 Å². The summed E-state index contributed by atoms with van der Waals surface area (Å²) in [6, 6.07) is 0. The maximum atomic E-state index is 11.4. The van der Waals surface area contributed by atoms with Crippen molar-refractivity contribution < 1.29 is 9.90 Å². The summed E-state index contributed by atoms with van der Waals surface area (Å²) in [6.45, 7) is 6.91. The molecule has 1 N–H and O–H groups in total. The lowest BCUT2D eigenvalue weighted by atomic mass is 9.69. The van der Waals surface area contributed by atoms with E-state index in [4.69, 9.17) is 0 Å². The van der Waals surface area contributed by atoms with Crippen LogP contribution in [0.15, 0.2) is 0 Å². The molecule has 1 heterocycles. The molecule has 0 saturated heterocycles. The molecule has 6 nitrogen and oxygen atoms in total. The van der Waals surface area contributed by atoms with Gasteiger partial charge in [-0.2, -0.15) is 0 Å². The highest BCUT2D eigenvalue weighted by Gasteiger charge is 2.45. The van der Waals surface area contributed by atoms with Gasteiger partial charge in [-0.1, -0.05) is 27.2 Å². The summed E-state index contributed by atoms with van der Waals surface area (Å²) in [5, 5.41) is 21.0. The van der Waals surface area contributed by atoms with E-state index in [0.29, 0.717) is 6.54 Å². The minimum absolute atomic E-state index is 0.220. The van der Waals surface area contributed by atoms with Crippen LogP contribution in [0.1, 0.15) is 52.3 Å². The van der Waals surface area contributed by atoms with E-state index in [-0.39, 0.29) is 5.41 Å². The second-order valence-electron chi connectivity index (χ2n) is 6.75. The predicted molar refractivity (Wildman–Crippen MR) is 69.5 cm³/mol. The topological polar surface area (TPSA) is 80.9 Å². The molecular formula is C13H22N4O2. The van der Waals surface area contributed by atoms with Crippen molar-refractivity contribution in [3.8, 4) is 0 Å². The van der Waals surface area contributed by atoms with Crippen molar-refractivity contribution in [3.63, 3.8) is 0 Å². The molecule has 6 heteroatoms. The summed E-state index contributed by atoms with van der Waals surface area (Å²) >= 11 is 0. The molecule has 0 bridgehead atoms. The fraction of sp³-hybridized carbons (Fsp3) is 0.846. The number of carbonyl (C=O) groups is 1. The number of hydrogen-bond acceptors (Lipinski definition) is 4. The minimum Gasteiger partial charge on any atom is -0.481 e. The standard InChI is InChI=1S/C13H22N4O2/c1-12(2,3)8-5-10-14-15-16-17(10)9-13(11(18)19)6-4-7-13/h4-9H2,1-3H3,(H,18,19). The number of aliphatic carboxylic acids is 1. The number of aryl methyl sites for hydroxylation is 1. The van der Waals surface area contributed by atoms with Crippen LogP contribution in [0.25, 0.3) is 0 Å². The summed E-state index contributed by atoms with van der Waals surface area (Å²) in [5.74, 6) is 0.0680. The average Bonchev–Trinajstić information content (AvgIpc) is 2.66. The van der Waals surface area contributed by atoms with Gasteiger partial charge in [0.15, 0.2) is 5.82 Å². The first kappa shape index (κ1) is 14.0. The van der Waals surface area contributed by atoms with Gasteiger partial charge in [-0.25, -0.2) is 4.68 Å². The molecule has 0 aromatic carbocycles. The number of nitrogens with zero attached hydrogens (tertiary/aromatic N) is 4. The Labute approximate surface area is 113 Å². The third kappa shape index (κ3) is 3.11. The fourth-order valence-corrected chi connectivity index (χ4v) is 2.34. The molecule has 1 saturated carbocycles. The highest BCUT2D eigenvalue weighted by atomic mass is 16.4. The molecule has 1 aliphatic carbocycles. The normalized spacial score (nSPS) is 18.1. The highest BCUT2D eigenvalue weighted by molar-refractivity contribution is 5.75. The first-order valence-corrected chi connectivity index (χ1v) is 6.81. The van der Waals surface area contributed by atoms with E-state index in [1.54, 1.807) is 4.68 Å². The number of carboxylic acids is 1. The van der Waals surface area contributed by atoms with Gasteiger partial charge in [0.25, 0.3) is 0 Å². The number of tetrazole rings is 1. The molecule has 0 amide bonds. The zero-order chi connectivity index (χ0) is 14.1. The SMILES string of the molecule is CC(C)(C)CCc1nnnn1CC1(C(=O)O)CCC1. The van der Waals surface area contributed by atoms with Crippen LogP contribution in [0.5, 0.6) is 0 Å². The molecule has 19 heavy (non-hydrogen) atoms. The zero-order valence-corrected chi connectivity index (χ0v) is 11.9. The third-order valence-electron chi connectivity index (χ3n) is 3.92. The maximum absolute atomic E-state index is 11.4. The Morgan fingerprint density at radius 3 is 2.58 bits per heavy atom. The van der Waals surface area contributed by atoms with Crippen molar-refractivity contribution in [2.24, 2.45) is 10.8 Å². The molecule has 0 aliphatic heterocycles. The maximum Gasteiger partial charge on any atom is 0.311 e. The second kappa shape index (κ2) is 4.90. The van der Waals surface area contributed by atoms with Crippen molar-refractivity contribution in [1.29, 1.82) is 0 Å². The van der Waals surface area contributed by atoms with E-state index < -0.39 is 11.4 Å². The van der Waals surface area contributed by atoms with Gasteiger partial charge in [0.2, 0.25) is 0 Å². The zero-order valence-electron chi connectivity index (χ0n) is 11.9. The van der Waals surface area contributed by atoms with Gasteiger partial charge in [-0.3, -0.25) is 4.79 Å². The van der Waals surface area contributed by atoms with Gasteiger partial charge in [0, 0.05) is 6.42 Å². The predicted octanol–water partition coefficient (Wildman–Crippen LogP) is 1.91. The van der Waals surface area contributed by atoms with Crippen LogP contribution in [-0.4, -0.2) is 31.3 Å². The first-order valence-electron chi connectivity index (χ1n) is 6.81. The van der Waals surface area contributed by atoms with Crippen LogP contribution in [0.3, 0.4) is 0 Å². The summed E-state index contributed by atoms with van der Waals surface area (Å²) in [5.41, 5.74) is -0.427. The van der Waals surface area contributed by atoms with E-state index in [1.165, 1.54) is 0 Å². The minimum atomic E-state index is -0.726. The van der Waals surface area contributed by atoms with E-state index in [9.17, 15) is 9.90 Å². The van der Waals surface area contributed by atoms with Crippen LogP contribution in [-0.2, 0) is 17.8 Å². The molecule has 1 fully saturated rings. The van der Waals surface area contributed by atoms with Crippen LogP contribution in [0.4, 0.5) is 0 Å². The molecule has 0 unspecified atom stereocenters. The molecule has 106 valence electrons. The van der Waals surface area contributed by atoms with E-state index in [1.807, 2.05) is 0 Å². The summed E-state index contributed by atoms with van der Waals surface area (Å²) in [4.78, 5) is 11.4. The number of hydrogen-bond donors (Lipinski definition) is 1. The number of carboxylic acid groups (broad SMARTS) is 1. The first-order chi connectivity index (χ1) is 8.82. The molecule has 2 rings (SSSR count). The summed E-state index contributed by atoms with van der Waals surface area (Å²) in [6.07, 6.45) is 4.19. The van der Waals surface area contributed by atoms with Gasteiger partial charge in [-0.15, -0.1) is 5.10 Å². The number of aromatic nitrogens is 4. The van der Waals surface area contributed by atoms with E-state index >= 15 is 0 Å². The average molecular weight is 266 g/mol. The van der Waals surface area contributed by atoms with Crippen LogP contribution in [0, 0.1) is 10.8 Å². The summed E-state index contributed by atoms with van der Waals surface area (Å²) in [7, 11) is 0. The molecule has 0 radical (unpaired) electrons. The van der Waals surface area contributed by atoms with Gasteiger partial charge in [0.05, 0.1) is 12.0 Å². The van der Waals surface area contributed by atoms with Crippen molar-refractivity contribution in [2.75, 3.05) is 0 Å². The summed E-state index contributed by atoms with van der Waals surface area (Å²) < 4.78 is 1.68. The van der Waals surface area contributed by atoms with Gasteiger partial charge < -0.3 is 5.11 Å². The quantitative estimate of drug-likeness (QED) is 0.880. The molecule has 1 aromatic rings. The van der Waals surface area contributed by atoms with Crippen LogP contribution >= 0.6 is 0 Å². The fourth-order valence-electron chi connectivity index (χ4n) is 2.34. The molecule has 1 aromatic heterocycles. The molecule has 1 aliphatic rings. The lowest BCUT2D eigenvalue weighted by molar-refractivity contribution is -0.156. The third-order valence-corrected chi connectivity index (χ3v) is 3.92. The Hall–Kier alpha value is -1.46. The van der Waals surface area contributed by atoms with Crippen LogP contribution < -0.4 is 0 Å². The Balaban J connectivity index is 2.05. The van der Waals surface area contributed by atoms with Crippen LogP contribution in [0.2, 0.25) is 0 Å². The Morgan fingerprint density at radius 1 is 1.42 bits per heavy atom. The lowest BCUT2D eigenvalue weighted by Gasteiger charge is -2.37. The Morgan fingerprint density at radius 2 is 2.11 bits per heavy atom.